The van der Waals surface area contributed by atoms with Gasteiger partial charge in [0.1, 0.15) is 0 Å². The second-order valence-electron chi connectivity index (χ2n) is 5.27. The lowest BCUT2D eigenvalue weighted by atomic mass is 10.1. The molecule has 2 aliphatic rings. The van der Waals surface area contributed by atoms with Gasteiger partial charge in [-0.25, -0.2) is 4.98 Å². The Morgan fingerprint density at radius 3 is 2.61 bits per heavy atom. The molecule has 0 atom stereocenters. The van der Waals surface area contributed by atoms with Gasteiger partial charge in [0.15, 0.2) is 0 Å². The predicted molar refractivity (Wildman–Crippen MR) is 72.2 cm³/mol. The zero-order valence-electron chi connectivity index (χ0n) is 10.6. The maximum atomic E-state index is 11.9. The van der Waals surface area contributed by atoms with Crippen LogP contribution >= 0.6 is 11.3 Å². The number of nitrogens with zero attached hydrogens (tertiary/aromatic N) is 1. The van der Waals surface area contributed by atoms with Crippen molar-refractivity contribution in [3.63, 3.8) is 0 Å². The lowest BCUT2D eigenvalue weighted by molar-refractivity contribution is -0.116. The smallest absolute Gasteiger partial charge is 0.244 e. The Kier molecular flexibility index (Phi) is 3.20. The molecule has 3 nitrogen and oxygen atoms in total. The number of aromatic nitrogens is 1. The third kappa shape index (κ3) is 2.99. The van der Waals surface area contributed by atoms with Gasteiger partial charge in [0.05, 0.1) is 17.2 Å². The predicted octanol–water partition coefficient (Wildman–Crippen LogP) is 2.81. The fraction of sp³-hybridized carbons (Fsp3) is 0.571. The van der Waals surface area contributed by atoms with Crippen LogP contribution < -0.4 is 5.32 Å². The van der Waals surface area contributed by atoms with Gasteiger partial charge in [0.25, 0.3) is 0 Å². The Balaban J connectivity index is 1.55. The van der Waals surface area contributed by atoms with Crippen LogP contribution in [0.2, 0.25) is 0 Å². The average molecular weight is 262 g/mol. The number of allylic oxidation sites excluding steroid dienone is 1. The van der Waals surface area contributed by atoms with E-state index in [1.165, 1.54) is 31.3 Å². The number of hydrogen-bond acceptors (Lipinski definition) is 3. The van der Waals surface area contributed by atoms with Gasteiger partial charge in [-0.2, -0.15) is 0 Å². The maximum Gasteiger partial charge on any atom is 0.244 e. The Bertz CT molecular complexity index is 470. The molecule has 0 aliphatic heterocycles. The van der Waals surface area contributed by atoms with Gasteiger partial charge in [0.2, 0.25) is 5.91 Å². The Labute approximate surface area is 111 Å². The van der Waals surface area contributed by atoms with E-state index in [4.69, 9.17) is 0 Å². The second kappa shape index (κ2) is 4.84. The van der Waals surface area contributed by atoms with Gasteiger partial charge in [-0.3, -0.25) is 4.79 Å². The van der Waals surface area contributed by atoms with Crippen molar-refractivity contribution in [2.75, 3.05) is 0 Å². The van der Waals surface area contributed by atoms with Gasteiger partial charge < -0.3 is 5.32 Å². The number of hydrogen-bond donors (Lipinski definition) is 1. The molecule has 1 amide bonds. The zero-order chi connectivity index (χ0) is 12.5. The normalized spacial score (nSPS) is 18.5. The van der Waals surface area contributed by atoms with E-state index in [-0.39, 0.29) is 5.91 Å². The van der Waals surface area contributed by atoms with Crippen molar-refractivity contribution in [1.29, 1.82) is 0 Å². The van der Waals surface area contributed by atoms with E-state index in [2.05, 4.69) is 10.3 Å². The van der Waals surface area contributed by atoms with Crippen molar-refractivity contribution >= 4 is 17.2 Å². The van der Waals surface area contributed by atoms with E-state index in [1.54, 1.807) is 11.3 Å². The third-order valence-electron chi connectivity index (χ3n) is 3.51. The quantitative estimate of drug-likeness (QED) is 0.829. The van der Waals surface area contributed by atoms with Crippen LogP contribution in [0.4, 0.5) is 0 Å². The summed E-state index contributed by atoms with van der Waals surface area (Å²) >= 11 is 1.62. The van der Waals surface area contributed by atoms with E-state index in [1.807, 2.05) is 18.4 Å². The highest BCUT2D eigenvalue weighted by Gasteiger charge is 2.36. The second-order valence-corrected chi connectivity index (χ2v) is 6.33. The molecule has 1 heterocycles. The van der Waals surface area contributed by atoms with Gasteiger partial charge in [-0.05, 0) is 44.4 Å². The van der Waals surface area contributed by atoms with Crippen LogP contribution in [0.3, 0.4) is 0 Å². The molecule has 4 heteroatoms. The first kappa shape index (κ1) is 11.9. The van der Waals surface area contributed by atoms with Crippen molar-refractivity contribution in [2.45, 2.75) is 39.2 Å². The van der Waals surface area contributed by atoms with E-state index in [0.29, 0.717) is 18.4 Å². The molecule has 1 N–H and O–H groups in total. The van der Waals surface area contributed by atoms with Gasteiger partial charge in [0, 0.05) is 11.5 Å². The van der Waals surface area contributed by atoms with Gasteiger partial charge >= 0.3 is 0 Å². The lowest BCUT2D eigenvalue weighted by Gasteiger charge is -2.04. The first-order valence-corrected chi connectivity index (χ1v) is 7.50. The van der Waals surface area contributed by atoms with E-state index < -0.39 is 0 Å². The molecule has 2 fully saturated rings. The van der Waals surface area contributed by atoms with Crippen LogP contribution in [0, 0.1) is 18.8 Å². The molecule has 0 aromatic carbocycles. The summed E-state index contributed by atoms with van der Waals surface area (Å²) in [6.07, 6.45) is 6.97. The van der Waals surface area contributed by atoms with Crippen molar-refractivity contribution in [3.8, 4) is 0 Å². The number of aryl methyl sites for hydroxylation is 1. The molecule has 0 unspecified atom stereocenters. The lowest BCUT2D eigenvalue weighted by Crippen LogP contribution is -2.21. The summed E-state index contributed by atoms with van der Waals surface area (Å²) < 4.78 is 0. The zero-order valence-corrected chi connectivity index (χ0v) is 11.4. The molecule has 2 saturated carbocycles. The summed E-state index contributed by atoms with van der Waals surface area (Å²) in [4.78, 5) is 16.2. The Hall–Kier alpha value is -1.16. The largest absolute Gasteiger partial charge is 0.347 e. The van der Waals surface area contributed by atoms with Crippen LogP contribution in [0.15, 0.2) is 17.0 Å². The van der Waals surface area contributed by atoms with Crippen LogP contribution in [0.1, 0.15) is 36.4 Å². The highest BCUT2D eigenvalue weighted by atomic mass is 32.1. The molecule has 1 aromatic heterocycles. The molecule has 3 rings (SSSR count). The SMILES string of the molecule is Cc1nc(CNC(=O)C=C(C2CC2)C2CC2)cs1. The van der Waals surface area contributed by atoms with Crippen molar-refractivity contribution in [3.05, 3.63) is 27.7 Å². The molecular formula is C14H18N2OS. The van der Waals surface area contributed by atoms with Crippen molar-refractivity contribution in [1.82, 2.24) is 10.3 Å². The molecule has 0 bridgehead atoms. The van der Waals surface area contributed by atoms with E-state index in [0.717, 1.165) is 10.7 Å². The minimum Gasteiger partial charge on any atom is -0.347 e. The molecule has 96 valence electrons. The fourth-order valence-corrected chi connectivity index (χ4v) is 2.88. The summed E-state index contributed by atoms with van der Waals surface area (Å²) in [7, 11) is 0. The van der Waals surface area contributed by atoms with Crippen LogP contribution in [0.25, 0.3) is 0 Å². The summed E-state index contributed by atoms with van der Waals surface area (Å²) in [6.45, 7) is 2.52. The average Bonchev–Trinajstić information content (AvgIpc) is 3.23. The number of nitrogens with one attached hydrogen (secondary N) is 1. The topological polar surface area (TPSA) is 42.0 Å². The minimum atomic E-state index is 0.0504. The summed E-state index contributed by atoms with van der Waals surface area (Å²) in [5.41, 5.74) is 2.36. The van der Waals surface area contributed by atoms with Gasteiger partial charge in [-0.1, -0.05) is 5.57 Å². The van der Waals surface area contributed by atoms with E-state index >= 15 is 0 Å². The first-order chi connectivity index (χ1) is 8.72. The minimum absolute atomic E-state index is 0.0504. The number of rotatable bonds is 5. The molecule has 0 radical (unpaired) electrons. The van der Waals surface area contributed by atoms with E-state index in [9.17, 15) is 4.79 Å². The summed E-state index contributed by atoms with van der Waals surface area (Å²) in [5.74, 6) is 1.48. The standard InChI is InChI=1S/C14H18N2OS/c1-9-16-12(8-18-9)7-15-14(17)6-13(10-2-3-10)11-4-5-11/h6,8,10-11H,2-5,7H2,1H3,(H,15,17). The van der Waals surface area contributed by atoms with Crippen LogP contribution in [-0.4, -0.2) is 10.9 Å². The maximum absolute atomic E-state index is 11.9. The Morgan fingerprint density at radius 1 is 1.44 bits per heavy atom. The number of amides is 1. The molecule has 2 aliphatic carbocycles. The monoisotopic (exact) mass is 262 g/mol. The number of carbonyl (C=O) groups is 1. The number of carbonyl (C=O) groups excluding carboxylic acids is 1. The third-order valence-corrected chi connectivity index (χ3v) is 4.33. The molecule has 1 aromatic rings. The summed E-state index contributed by atoms with van der Waals surface area (Å²) in [5, 5.41) is 5.99. The Morgan fingerprint density at radius 2 is 2.11 bits per heavy atom. The van der Waals surface area contributed by atoms with Crippen LogP contribution in [-0.2, 0) is 11.3 Å². The van der Waals surface area contributed by atoms with Crippen molar-refractivity contribution < 1.29 is 4.79 Å². The summed E-state index contributed by atoms with van der Waals surface area (Å²) in [6, 6.07) is 0. The van der Waals surface area contributed by atoms with Crippen molar-refractivity contribution in [2.24, 2.45) is 11.8 Å². The molecule has 18 heavy (non-hydrogen) atoms. The molecular weight excluding hydrogens is 244 g/mol. The van der Waals surface area contributed by atoms with Gasteiger partial charge in [-0.15, -0.1) is 11.3 Å². The fourth-order valence-electron chi connectivity index (χ4n) is 2.27. The molecule has 0 saturated heterocycles. The first-order valence-electron chi connectivity index (χ1n) is 6.62. The highest BCUT2D eigenvalue weighted by Crippen LogP contribution is 2.48. The highest BCUT2D eigenvalue weighted by molar-refractivity contribution is 7.09. The van der Waals surface area contributed by atoms with Crippen LogP contribution in [0.5, 0.6) is 0 Å². The number of thiazole rings is 1. The molecule has 0 spiro atoms.